The number of likely N-dealkylation sites (tertiary alicyclic amines) is 1. The predicted octanol–water partition coefficient (Wildman–Crippen LogP) is 2.18. The van der Waals surface area contributed by atoms with Gasteiger partial charge < -0.3 is 24.6 Å². The van der Waals surface area contributed by atoms with E-state index in [1.807, 2.05) is 0 Å². The third kappa shape index (κ3) is 6.52. The Morgan fingerprint density at radius 1 is 1.24 bits per heavy atom. The Labute approximate surface area is 170 Å². The fraction of sp³-hybridized carbons (Fsp3) is 0.944. The molecule has 7 heteroatoms. The van der Waals surface area contributed by atoms with Crippen LogP contribution in [0.15, 0.2) is 4.99 Å². The average molecular weight is 468 g/mol. The molecule has 0 atom stereocenters. The highest BCUT2D eigenvalue weighted by atomic mass is 127. The number of aliphatic imine (C=N–C) groups is 1. The van der Waals surface area contributed by atoms with Crippen LogP contribution in [0.5, 0.6) is 0 Å². The smallest absolute Gasteiger partial charge is 0.193 e. The van der Waals surface area contributed by atoms with Crippen LogP contribution in [0, 0.1) is 0 Å². The number of ether oxygens (including phenoxy) is 2. The van der Waals surface area contributed by atoms with Gasteiger partial charge in [-0.25, -0.2) is 0 Å². The van der Waals surface area contributed by atoms with Gasteiger partial charge in [0.25, 0.3) is 0 Å². The summed E-state index contributed by atoms with van der Waals surface area (Å²) in [4.78, 5) is 9.75. The number of nitrogens with zero attached hydrogens (tertiary/aromatic N) is 3. The topological polar surface area (TPSA) is 49.3 Å². The van der Waals surface area contributed by atoms with Crippen LogP contribution in [0.1, 0.15) is 39.5 Å². The fourth-order valence-electron chi connectivity index (χ4n) is 3.62. The SMILES string of the molecule is CCNC(=NCC1(N(C)C)CCOCC1)N1CCC(OCC)CC1.I. The third-order valence-electron chi connectivity index (χ3n) is 5.37. The summed E-state index contributed by atoms with van der Waals surface area (Å²) in [6, 6.07) is 0. The molecule has 0 aromatic carbocycles. The number of piperidine rings is 1. The molecule has 0 aromatic heterocycles. The highest BCUT2D eigenvalue weighted by molar-refractivity contribution is 14.0. The average Bonchev–Trinajstić information content (AvgIpc) is 2.60. The van der Waals surface area contributed by atoms with E-state index >= 15 is 0 Å². The van der Waals surface area contributed by atoms with Crippen LogP contribution < -0.4 is 5.32 Å². The number of halogens is 1. The largest absolute Gasteiger partial charge is 0.381 e. The number of guanidine groups is 1. The van der Waals surface area contributed by atoms with E-state index in [4.69, 9.17) is 14.5 Å². The van der Waals surface area contributed by atoms with Crippen LogP contribution in [0.3, 0.4) is 0 Å². The molecule has 0 spiro atoms. The van der Waals surface area contributed by atoms with Crippen LogP contribution in [0.4, 0.5) is 0 Å². The van der Waals surface area contributed by atoms with E-state index in [-0.39, 0.29) is 29.5 Å². The van der Waals surface area contributed by atoms with Gasteiger partial charge in [-0.05, 0) is 53.6 Å². The minimum Gasteiger partial charge on any atom is -0.381 e. The van der Waals surface area contributed by atoms with Crippen molar-refractivity contribution in [2.24, 2.45) is 4.99 Å². The van der Waals surface area contributed by atoms with E-state index in [0.717, 1.165) is 77.6 Å². The molecule has 0 unspecified atom stereocenters. The molecule has 6 nitrogen and oxygen atoms in total. The van der Waals surface area contributed by atoms with Gasteiger partial charge in [0.05, 0.1) is 12.6 Å². The van der Waals surface area contributed by atoms with Crippen LogP contribution in [-0.2, 0) is 9.47 Å². The summed E-state index contributed by atoms with van der Waals surface area (Å²) < 4.78 is 11.3. The Bertz CT molecular complexity index is 393. The molecule has 1 N–H and O–H groups in total. The maximum absolute atomic E-state index is 5.77. The summed E-state index contributed by atoms with van der Waals surface area (Å²) in [5, 5.41) is 3.48. The maximum Gasteiger partial charge on any atom is 0.193 e. The van der Waals surface area contributed by atoms with Gasteiger partial charge in [-0.15, -0.1) is 24.0 Å². The van der Waals surface area contributed by atoms with Gasteiger partial charge in [-0.3, -0.25) is 4.99 Å². The molecule has 0 radical (unpaired) electrons. The molecule has 2 saturated heterocycles. The number of likely N-dealkylation sites (N-methyl/N-ethyl adjacent to an activating group) is 1. The molecular formula is C18H37IN4O2. The summed E-state index contributed by atoms with van der Waals surface area (Å²) in [6.07, 6.45) is 4.69. The first-order valence-electron chi connectivity index (χ1n) is 9.51. The highest BCUT2D eigenvalue weighted by Crippen LogP contribution is 2.26. The first-order chi connectivity index (χ1) is 11.6. The second-order valence-electron chi connectivity index (χ2n) is 7.04. The third-order valence-corrected chi connectivity index (χ3v) is 5.37. The molecule has 0 amide bonds. The highest BCUT2D eigenvalue weighted by Gasteiger charge is 2.35. The lowest BCUT2D eigenvalue weighted by molar-refractivity contribution is -0.00284. The van der Waals surface area contributed by atoms with Crippen molar-refractivity contribution in [2.45, 2.75) is 51.2 Å². The molecule has 0 aliphatic carbocycles. The number of rotatable bonds is 6. The van der Waals surface area contributed by atoms with Crippen molar-refractivity contribution in [3.63, 3.8) is 0 Å². The van der Waals surface area contributed by atoms with Crippen molar-refractivity contribution < 1.29 is 9.47 Å². The Morgan fingerprint density at radius 2 is 1.88 bits per heavy atom. The summed E-state index contributed by atoms with van der Waals surface area (Å²) in [5.41, 5.74) is 0.128. The quantitative estimate of drug-likeness (QED) is 0.368. The van der Waals surface area contributed by atoms with Crippen molar-refractivity contribution in [1.82, 2.24) is 15.1 Å². The van der Waals surface area contributed by atoms with Crippen LogP contribution in [0.2, 0.25) is 0 Å². The monoisotopic (exact) mass is 468 g/mol. The van der Waals surface area contributed by atoms with E-state index in [1.165, 1.54) is 0 Å². The lowest BCUT2D eigenvalue weighted by Gasteiger charge is -2.42. The van der Waals surface area contributed by atoms with Gasteiger partial charge in [-0.1, -0.05) is 0 Å². The molecule has 2 heterocycles. The minimum absolute atomic E-state index is 0. The molecule has 2 aliphatic heterocycles. The molecular weight excluding hydrogens is 431 g/mol. The van der Waals surface area contributed by atoms with E-state index in [0.29, 0.717) is 6.10 Å². The standard InChI is InChI=1S/C18H36N4O2.HI/c1-5-19-17(22-11-7-16(8-12-22)24-6-2)20-15-18(21(3)4)9-13-23-14-10-18;/h16H,5-15H2,1-4H3,(H,19,20);1H. The zero-order valence-electron chi connectivity index (χ0n) is 16.4. The van der Waals surface area contributed by atoms with Crippen molar-refractivity contribution in [1.29, 1.82) is 0 Å². The second kappa shape index (κ2) is 11.6. The van der Waals surface area contributed by atoms with Gasteiger partial charge in [0, 0.05) is 45.0 Å². The first-order valence-corrected chi connectivity index (χ1v) is 9.51. The summed E-state index contributed by atoms with van der Waals surface area (Å²) >= 11 is 0. The fourth-order valence-corrected chi connectivity index (χ4v) is 3.62. The molecule has 2 aliphatic rings. The van der Waals surface area contributed by atoms with Gasteiger partial charge in [0.1, 0.15) is 0 Å². The first kappa shape index (κ1) is 22.9. The number of nitrogens with one attached hydrogen (secondary N) is 1. The number of hydrogen-bond donors (Lipinski definition) is 1. The van der Waals surface area contributed by atoms with Crippen LogP contribution in [0.25, 0.3) is 0 Å². The van der Waals surface area contributed by atoms with Crippen molar-refractivity contribution in [3.05, 3.63) is 0 Å². The molecule has 2 rings (SSSR count). The molecule has 0 bridgehead atoms. The Hall–Kier alpha value is -0.120. The molecule has 2 fully saturated rings. The van der Waals surface area contributed by atoms with Crippen LogP contribution in [-0.4, -0.2) is 87.5 Å². The molecule has 0 aromatic rings. The Kier molecular flexibility index (Phi) is 10.6. The lowest BCUT2D eigenvalue weighted by Crippen LogP contribution is -2.52. The minimum atomic E-state index is 0. The summed E-state index contributed by atoms with van der Waals surface area (Å²) in [5.74, 6) is 1.06. The van der Waals surface area contributed by atoms with E-state index in [1.54, 1.807) is 0 Å². The van der Waals surface area contributed by atoms with Crippen molar-refractivity contribution >= 4 is 29.9 Å². The normalized spacial score (nSPS) is 22.0. The molecule has 0 saturated carbocycles. The Morgan fingerprint density at radius 3 is 2.40 bits per heavy atom. The molecule has 148 valence electrons. The van der Waals surface area contributed by atoms with E-state index < -0.39 is 0 Å². The second-order valence-corrected chi connectivity index (χ2v) is 7.04. The van der Waals surface area contributed by atoms with Gasteiger partial charge in [0.2, 0.25) is 0 Å². The summed E-state index contributed by atoms with van der Waals surface area (Å²) in [6.45, 7) is 10.5. The zero-order valence-corrected chi connectivity index (χ0v) is 18.8. The predicted molar refractivity (Wildman–Crippen MR) is 114 cm³/mol. The summed E-state index contributed by atoms with van der Waals surface area (Å²) in [7, 11) is 4.34. The van der Waals surface area contributed by atoms with Crippen molar-refractivity contribution in [2.75, 3.05) is 60.1 Å². The zero-order chi connectivity index (χ0) is 17.4. The van der Waals surface area contributed by atoms with Crippen molar-refractivity contribution in [3.8, 4) is 0 Å². The Balaban J connectivity index is 0.00000312. The van der Waals surface area contributed by atoms with Gasteiger partial charge in [0.15, 0.2) is 5.96 Å². The lowest BCUT2D eigenvalue weighted by atomic mass is 9.89. The number of hydrogen-bond acceptors (Lipinski definition) is 4. The van der Waals surface area contributed by atoms with E-state index in [9.17, 15) is 0 Å². The van der Waals surface area contributed by atoms with Gasteiger partial charge in [-0.2, -0.15) is 0 Å². The van der Waals surface area contributed by atoms with Crippen LogP contribution >= 0.6 is 24.0 Å². The molecule has 25 heavy (non-hydrogen) atoms. The maximum atomic E-state index is 5.77. The van der Waals surface area contributed by atoms with E-state index in [2.05, 4.69) is 43.1 Å². The van der Waals surface area contributed by atoms with Gasteiger partial charge >= 0.3 is 0 Å².